The van der Waals surface area contributed by atoms with Gasteiger partial charge in [0.25, 0.3) is 11.8 Å². The second-order valence-electron chi connectivity index (χ2n) is 8.87. The summed E-state index contributed by atoms with van der Waals surface area (Å²) in [7, 11) is 0. The van der Waals surface area contributed by atoms with E-state index in [1.165, 1.54) is 4.90 Å². The SMILES string of the molecule is CC[C@@H](c1nc2c3c(C)c(C)n(-c4cc(C)ccn4)c3ncn2n1)N1C(=O)c2ccccc2C1=O. The van der Waals surface area contributed by atoms with E-state index in [0.717, 1.165) is 33.7 Å². The Labute approximate surface area is 201 Å². The molecule has 0 saturated carbocycles. The van der Waals surface area contributed by atoms with Gasteiger partial charge in [0, 0.05) is 11.9 Å². The lowest BCUT2D eigenvalue weighted by molar-refractivity contribution is 0.0570. The quantitative estimate of drug-likeness (QED) is 0.370. The molecule has 5 aromatic rings. The van der Waals surface area contributed by atoms with Crippen LogP contribution in [-0.4, -0.2) is 45.8 Å². The number of hydrogen-bond donors (Lipinski definition) is 0. The molecule has 2 amide bonds. The van der Waals surface area contributed by atoms with Gasteiger partial charge < -0.3 is 0 Å². The highest BCUT2D eigenvalue weighted by atomic mass is 16.2. The molecular formula is C26H23N7O2. The molecule has 9 nitrogen and oxygen atoms in total. The molecule has 0 radical (unpaired) electrons. The fourth-order valence-electron chi connectivity index (χ4n) is 4.91. The molecule has 35 heavy (non-hydrogen) atoms. The summed E-state index contributed by atoms with van der Waals surface area (Å²) < 4.78 is 3.65. The van der Waals surface area contributed by atoms with Crippen LogP contribution in [0.5, 0.6) is 0 Å². The first-order chi connectivity index (χ1) is 16.9. The van der Waals surface area contributed by atoms with Crippen LogP contribution in [-0.2, 0) is 0 Å². The van der Waals surface area contributed by atoms with Crippen molar-refractivity contribution < 1.29 is 9.59 Å². The summed E-state index contributed by atoms with van der Waals surface area (Å²) in [6.45, 7) is 8.01. The Balaban J connectivity index is 1.51. The van der Waals surface area contributed by atoms with Gasteiger partial charge in [0.15, 0.2) is 17.1 Å². The van der Waals surface area contributed by atoms with E-state index < -0.39 is 6.04 Å². The highest BCUT2D eigenvalue weighted by Crippen LogP contribution is 2.34. The van der Waals surface area contributed by atoms with Gasteiger partial charge in [-0.25, -0.2) is 19.5 Å². The molecule has 0 unspecified atom stereocenters. The molecule has 6 rings (SSSR count). The average molecular weight is 466 g/mol. The Hall–Kier alpha value is -4.40. The van der Waals surface area contributed by atoms with Crippen molar-refractivity contribution >= 4 is 28.5 Å². The van der Waals surface area contributed by atoms with Crippen molar-refractivity contribution in [3.05, 3.63) is 82.7 Å². The summed E-state index contributed by atoms with van der Waals surface area (Å²) in [4.78, 5) is 41.6. The molecule has 5 heterocycles. The number of imide groups is 1. The van der Waals surface area contributed by atoms with E-state index in [-0.39, 0.29) is 11.8 Å². The molecule has 9 heteroatoms. The third kappa shape index (κ3) is 2.94. The first-order valence-corrected chi connectivity index (χ1v) is 11.5. The zero-order chi connectivity index (χ0) is 24.4. The number of aryl methyl sites for hydroxylation is 2. The minimum Gasteiger partial charge on any atom is -0.282 e. The van der Waals surface area contributed by atoms with Crippen LogP contribution in [0.2, 0.25) is 0 Å². The molecule has 4 aromatic heterocycles. The van der Waals surface area contributed by atoms with Crippen molar-refractivity contribution in [2.75, 3.05) is 0 Å². The zero-order valence-electron chi connectivity index (χ0n) is 19.9. The van der Waals surface area contributed by atoms with Gasteiger partial charge in [0.05, 0.1) is 16.5 Å². The molecule has 1 aromatic carbocycles. The highest BCUT2D eigenvalue weighted by Gasteiger charge is 2.41. The summed E-state index contributed by atoms with van der Waals surface area (Å²) in [5, 5.41) is 5.51. The number of fused-ring (bicyclic) bond motifs is 4. The predicted octanol–water partition coefficient (Wildman–Crippen LogP) is 4.14. The van der Waals surface area contributed by atoms with Crippen molar-refractivity contribution in [2.24, 2.45) is 0 Å². The van der Waals surface area contributed by atoms with Crippen LogP contribution in [0.1, 0.15) is 62.7 Å². The lowest BCUT2D eigenvalue weighted by atomic mass is 10.1. The molecule has 0 spiro atoms. The van der Waals surface area contributed by atoms with Crippen LogP contribution in [0.15, 0.2) is 48.9 Å². The Morgan fingerprint density at radius 2 is 1.66 bits per heavy atom. The van der Waals surface area contributed by atoms with Crippen molar-refractivity contribution in [1.82, 2.24) is 34.0 Å². The van der Waals surface area contributed by atoms with Crippen molar-refractivity contribution in [3.8, 4) is 5.82 Å². The van der Waals surface area contributed by atoms with Crippen LogP contribution in [0.3, 0.4) is 0 Å². The number of amides is 2. The number of rotatable bonds is 4. The molecule has 0 N–H and O–H groups in total. The minimum atomic E-state index is -0.584. The highest BCUT2D eigenvalue weighted by molar-refractivity contribution is 6.21. The number of carbonyl (C=O) groups is 2. The lowest BCUT2D eigenvalue weighted by Gasteiger charge is -2.22. The number of carbonyl (C=O) groups excluding carboxylic acids is 2. The number of nitrogens with zero attached hydrogens (tertiary/aromatic N) is 7. The van der Waals surface area contributed by atoms with Gasteiger partial charge in [-0.3, -0.25) is 19.1 Å². The number of pyridine rings is 1. The Kier molecular flexibility index (Phi) is 4.57. The number of benzene rings is 1. The van der Waals surface area contributed by atoms with Gasteiger partial charge in [-0.15, -0.1) is 5.10 Å². The summed E-state index contributed by atoms with van der Waals surface area (Å²) >= 11 is 0. The van der Waals surface area contributed by atoms with Crippen molar-refractivity contribution in [2.45, 2.75) is 40.2 Å². The molecule has 0 bridgehead atoms. The molecule has 0 saturated heterocycles. The van der Waals surface area contributed by atoms with E-state index in [0.29, 0.717) is 29.0 Å². The van der Waals surface area contributed by atoms with E-state index in [1.807, 2.05) is 44.4 Å². The molecular weight excluding hydrogens is 442 g/mol. The molecule has 1 aliphatic heterocycles. The fraction of sp³-hybridized carbons (Fsp3) is 0.231. The number of aromatic nitrogens is 6. The second-order valence-corrected chi connectivity index (χ2v) is 8.87. The first-order valence-electron chi connectivity index (χ1n) is 11.5. The van der Waals surface area contributed by atoms with Crippen molar-refractivity contribution in [1.29, 1.82) is 0 Å². The third-order valence-electron chi connectivity index (χ3n) is 6.80. The molecule has 1 aliphatic rings. The van der Waals surface area contributed by atoms with Gasteiger partial charge in [0.1, 0.15) is 18.2 Å². The average Bonchev–Trinajstić information content (AvgIpc) is 3.47. The molecule has 174 valence electrons. The van der Waals surface area contributed by atoms with E-state index in [4.69, 9.17) is 9.97 Å². The van der Waals surface area contributed by atoms with Gasteiger partial charge in [-0.05, 0) is 62.6 Å². The van der Waals surface area contributed by atoms with Gasteiger partial charge in [-0.2, -0.15) is 0 Å². The van der Waals surface area contributed by atoms with Crippen LogP contribution < -0.4 is 0 Å². The van der Waals surface area contributed by atoms with Gasteiger partial charge in [-0.1, -0.05) is 19.1 Å². The van der Waals surface area contributed by atoms with Crippen LogP contribution in [0, 0.1) is 20.8 Å². The van der Waals surface area contributed by atoms with E-state index in [9.17, 15) is 9.59 Å². The Morgan fingerprint density at radius 1 is 0.943 bits per heavy atom. The number of hydrogen-bond acceptors (Lipinski definition) is 6. The fourth-order valence-corrected chi connectivity index (χ4v) is 4.91. The zero-order valence-corrected chi connectivity index (χ0v) is 19.9. The largest absolute Gasteiger partial charge is 0.282 e. The Morgan fingerprint density at radius 3 is 2.31 bits per heavy atom. The van der Waals surface area contributed by atoms with Crippen molar-refractivity contribution in [3.63, 3.8) is 0 Å². The molecule has 0 fully saturated rings. The summed E-state index contributed by atoms with van der Waals surface area (Å²) in [6, 6.07) is 10.3. The lowest BCUT2D eigenvalue weighted by Crippen LogP contribution is -2.34. The van der Waals surface area contributed by atoms with Crippen LogP contribution in [0.4, 0.5) is 0 Å². The predicted molar refractivity (Wildman–Crippen MR) is 130 cm³/mol. The van der Waals surface area contributed by atoms with E-state index in [1.54, 1.807) is 41.3 Å². The van der Waals surface area contributed by atoms with E-state index >= 15 is 0 Å². The maximum Gasteiger partial charge on any atom is 0.262 e. The molecule has 1 atom stereocenters. The van der Waals surface area contributed by atoms with Gasteiger partial charge in [0.2, 0.25) is 0 Å². The monoisotopic (exact) mass is 465 g/mol. The van der Waals surface area contributed by atoms with Crippen LogP contribution >= 0.6 is 0 Å². The topological polar surface area (TPSA) is 98.3 Å². The molecule has 0 aliphatic carbocycles. The summed E-state index contributed by atoms with van der Waals surface area (Å²) in [5.41, 5.74) is 5.33. The smallest absolute Gasteiger partial charge is 0.262 e. The maximum atomic E-state index is 13.1. The normalized spacial score (nSPS) is 14.3. The van der Waals surface area contributed by atoms with Gasteiger partial charge >= 0.3 is 0 Å². The first kappa shape index (κ1) is 21.2. The van der Waals surface area contributed by atoms with E-state index in [2.05, 4.69) is 10.1 Å². The standard InChI is InChI=1S/C26H23N7O2/c1-5-19(33-25(34)17-8-6-7-9-18(17)26(33)35)22-29-24-21-15(3)16(4)32(20-12-14(2)10-11-27-20)23(21)28-13-31(24)30-22/h6-13,19H,5H2,1-4H3/t19-/m0/s1. The van der Waals surface area contributed by atoms with Crippen LogP contribution in [0.25, 0.3) is 22.5 Å². The third-order valence-corrected chi connectivity index (χ3v) is 6.80. The summed E-state index contributed by atoms with van der Waals surface area (Å²) in [6.07, 6.45) is 3.90. The Bertz CT molecular complexity index is 1650. The summed E-state index contributed by atoms with van der Waals surface area (Å²) in [5.74, 6) is 0.566. The minimum absolute atomic E-state index is 0.316. The second kappa shape index (κ2) is 7.56. The maximum absolute atomic E-state index is 13.1.